The number of hydrogen-bond donors (Lipinski definition) is 1. The summed E-state index contributed by atoms with van der Waals surface area (Å²) in [4.78, 5) is 0. The molecule has 0 bridgehead atoms. The molecule has 0 spiro atoms. The Balaban J connectivity index is 1.87. The summed E-state index contributed by atoms with van der Waals surface area (Å²) in [5.41, 5.74) is 1.83. The van der Waals surface area contributed by atoms with Crippen molar-refractivity contribution in [1.82, 2.24) is 0 Å². The van der Waals surface area contributed by atoms with Gasteiger partial charge >= 0.3 is 0 Å². The van der Waals surface area contributed by atoms with E-state index in [0.29, 0.717) is 0 Å². The van der Waals surface area contributed by atoms with Gasteiger partial charge in [0.2, 0.25) is 0 Å². The van der Waals surface area contributed by atoms with Gasteiger partial charge in [0.15, 0.2) is 0 Å². The van der Waals surface area contributed by atoms with Crippen LogP contribution in [0.25, 0.3) is 0 Å². The third kappa shape index (κ3) is 2.05. The van der Waals surface area contributed by atoms with Crippen LogP contribution in [0.4, 0.5) is 5.69 Å². The maximum Gasteiger partial charge on any atom is 0.0991 e. The fraction of sp³-hybridized carbons (Fsp3) is 0.417. The monoisotopic (exact) mass is 186 g/mol. The van der Waals surface area contributed by atoms with Crippen molar-refractivity contribution in [2.24, 2.45) is 11.8 Å². The molecule has 2 unspecified atom stereocenters. The highest BCUT2D eigenvalue weighted by atomic mass is 14.9. The average molecular weight is 186 g/mol. The second-order valence-corrected chi connectivity index (χ2v) is 4.04. The van der Waals surface area contributed by atoms with Gasteiger partial charge in [-0.1, -0.05) is 6.92 Å². The molecule has 1 aromatic carbocycles. The van der Waals surface area contributed by atoms with E-state index < -0.39 is 0 Å². The maximum atomic E-state index is 8.62. The third-order valence-electron chi connectivity index (χ3n) is 2.86. The van der Waals surface area contributed by atoms with Crippen molar-refractivity contribution in [3.05, 3.63) is 29.8 Å². The van der Waals surface area contributed by atoms with Crippen LogP contribution in [0.3, 0.4) is 0 Å². The summed E-state index contributed by atoms with van der Waals surface area (Å²) in [5, 5.41) is 12.0. The van der Waals surface area contributed by atoms with Gasteiger partial charge in [-0.3, -0.25) is 0 Å². The molecule has 14 heavy (non-hydrogen) atoms. The van der Waals surface area contributed by atoms with Crippen LogP contribution >= 0.6 is 0 Å². The zero-order valence-corrected chi connectivity index (χ0v) is 8.33. The number of nitrogens with one attached hydrogen (secondary N) is 1. The molecule has 1 aliphatic rings. The van der Waals surface area contributed by atoms with Gasteiger partial charge in [-0.15, -0.1) is 0 Å². The number of nitriles is 1. The molecule has 0 aliphatic heterocycles. The molecular formula is C12H14N2. The third-order valence-corrected chi connectivity index (χ3v) is 2.86. The number of rotatable bonds is 3. The SMILES string of the molecule is CC1CC1CNc1ccc(C#N)cc1. The highest BCUT2D eigenvalue weighted by molar-refractivity contribution is 5.47. The Hall–Kier alpha value is -1.49. The Morgan fingerprint density at radius 3 is 2.57 bits per heavy atom. The summed E-state index contributed by atoms with van der Waals surface area (Å²) in [6, 6.07) is 9.73. The van der Waals surface area contributed by atoms with E-state index in [1.165, 1.54) is 6.42 Å². The number of anilines is 1. The van der Waals surface area contributed by atoms with Crippen molar-refractivity contribution in [2.45, 2.75) is 13.3 Å². The Labute approximate surface area is 84.6 Å². The Kier molecular flexibility index (Phi) is 2.41. The lowest BCUT2D eigenvalue weighted by Crippen LogP contribution is -2.03. The normalized spacial score (nSPS) is 24.0. The Morgan fingerprint density at radius 1 is 1.43 bits per heavy atom. The van der Waals surface area contributed by atoms with Crippen molar-refractivity contribution in [2.75, 3.05) is 11.9 Å². The summed E-state index contributed by atoms with van der Waals surface area (Å²) in [7, 11) is 0. The molecular weight excluding hydrogens is 172 g/mol. The summed E-state index contributed by atoms with van der Waals surface area (Å²) >= 11 is 0. The highest BCUT2D eigenvalue weighted by Crippen LogP contribution is 2.37. The van der Waals surface area contributed by atoms with Gasteiger partial charge in [0.1, 0.15) is 0 Å². The van der Waals surface area contributed by atoms with Gasteiger partial charge < -0.3 is 5.32 Å². The lowest BCUT2D eigenvalue weighted by Gasteiger charge is -2.04. The van der Waals surface area contributed by atoms with Crippen LogP contribution in [-0.2, 0) is 0 Å². The van der Waals surface area contributed by atoms with Crippen LogP contribution in [0.15, 0.2) is 24.3 Å². The van der Waals surface area contributed by atoms with E-state index in [1.807, 2.05) is 24.3 Å². The lowest BCUT2D eigenvalue weighted by atomic mass is 10.2. The molecule has 1 aliphatic carbocycles. The van der Waals surface area contributed by atoms with Crippen molar-refractivity contribution in [1.29, 1.82) is 5.26 Å². The number of hydrogen-bond acceptors (Lipinski definition) is 2. The summed E-state index contributed by atoms with van der Waals surface area (Å²) in [5.74, 6) is 1.74. The van der Waals surface area contributed by atoms with Crippen LogP contribution in [0.5, 0.6) is 0 Å². The molecule has 2 heteroatoms. The first-order chi connectivity index (χ1) is 6.79. The highest BCUT2D eigenvalue weighted by Gasteiger charge is 2.31. The fourth-order valence-electron chi connectivity index (χ4n) is 1.60. The molecule has 1 fully saturated rings. The summed E-state index contributed by atoms with van der Waals surface area (Å²) < 4.78 is 0. The molecule has 0 saturated heterocycles. The molecule has 72 valence electrons. The van der Waals surface area contributed by atoms with Crippen LogP contribution in [0.2, 0.25) is 0 Å². The Bertz CT molecular complexity index is 348. The van der Waals surface area contributed by atoms with Gasteiger partial charge in [-0.2, -0.15) is 5.26 Å². The van der Waals surface area contributed by atoms with Crippen molar-refractivity contribution in [3.63, 3.8) is 0 Å². The predicted octanol–water partition coefficient (Wildman–Crippen LogP) is 2.63. The zero-order chi connectivity index (χ0) is 9.97. The van der Waals surface area contributed by atoms with Crippen LogP contribution < -0.4 is 5.32 Å². The van der Waals surface area contributed by atoms with Gasteiger partial charge in [0, 0.05) is 12.2 Å². The van der Waals surface area contributed by atoms with E-state index in [4.69, 9.17) is 5.26 Å². The molecule has 0 radical (unpaired) electrons. The average Bonchev–Trinajstić information content (AvgIpc) is 2.92. The van der Waals surface area contributed by atoms with E-state index in [9.17, 15) is 0 Å². The smallest absolute Gasteiger partial charge is 0.0991 e. The molecule has 1 N–H and O–H groups in total. The molecule has 0 aromatic heterocycles. The second-order valence-electron chi connectivity index (χ2n) is 4.04. The first-order valence-electron chi connectivity index (χ1n) is 5.03. The molecule has 0 amide bonds. The topological polar surface area (TPSA) is 35.8 Å². The minimum absolute atomic E-state index is 0.718. The van der Waals surface area contributed by atoms with Crippen molar-refractivity contribution in [3.8, 4) is 6.07 Å². The summed E-state index contributed by atoms with van der Waals surface area (Å²) in [6.07, 6.45) is 1.35. The largest absolute Gasteiger partial charge is 0.385 e. The minimum atomic E-state index is 0.718. The van der Waals surface area contributed by atoms with E-state index in [2.05, 4.69) is 18.3 Å². The van der Waals surface area contributed by atoms with Crippen molar-refractivity contribution < 1.29 is 0 Å². The summed E-state index contributed by atoms with van der Waals surface area (Å²) in [6.45, 7) is 3.35. The molecule has 2 rings (SSSR count). The lowest BCUT2D eigenvalue weighted by molar-refractivity contribution is 0.787. The first-order valence-corrected chi connectivity index (χ1v) is 5.03. The minimum Gasteiger partial charge on any atom is -0.385 e. The van der Waals surface area contributed by atoms with Gasteiger partial charge in [-0.25, -0.2) is 0 Å². The van der Waals surface area contributed by atoms with Crippen LogP contribution in [-0.4, -0.2) is 6.54 Å². The van der Waals surface area contributed by atoms with Gasteiger partial charge in [0.25, 0.3) is 0 Å². The predicted molar refractivity (Wildman–Crippen MR) is 56.9 cm³/mol. The molecule has 1 saturated carbocycles. The van der Waals surface area contributed by atoms with Gasteiger partial charge in [-0.05, 0) is 42.5 Å². The molecule has 1 aromatic rings. The quantitative estimate of drug-likeness (QED) is 0.787. The van der Waals surface area contributed by atoms with E-state index >= 15 is 0 Å². The van der Waals surface area contributed by atoms with Gasteiger partial charge in [0.05, 0.1) is 11.6 Å². The van der Waals surface area contributed by atoms with Crippen LogP contribution in [0.1, 0.15) is 18.9 Å². The molecule has 2 nitrogen and oxygen atoms in total. The van der Waals surface area contributed by atoms with E-state index in [1.54, 1.807) is 0 Å². The molecule has 0 heterocycles. The fourth-order valence-corrected chi connectivity index (χ4v) is 1.60. The molecule has 2 atom stereocenters. The Morgan fingerprint density at radius 2 is 2.07 bits per heavy atom. The first kappa shape index (κ1) is 9.08. The maximum absolute atomic E-state index is 8.62. The van der Waals surface area contributed by atoms with E-state index in [0.717, 1.165) is 29.6 Å². The second kappa shape index (κ2) is 3.71. The number of benzene rings is 1. The van der Waals surface area contributed by atoms with Crippen LogP contribution in [0, 0.1) is 23.2 Å². The zero-order valence-electron chi connectivity index (χ0n) is 8.33. The van der Waals surface area contributed by atoms with E-state index in [-0.39, 0.29) is 0 Å². The standard InChI is InChI=1S/C12H14N2/c1-9-6-11(9)8-14-12-4-2-10(7-13)3-5-12/h2-5,9,11,14H,6,8H2,1H3. The number of nitrogens with zero attached hydrogens (tertiary/aromatic N) is 1. The van der Waals surface area contributed by atoms with Crippen molar-refractivity contribution >= 4 is 5.69 Å².